The molecule has 0 radical (unpaired) electrons. The summed E-state index contributed by atoms with van der Waals surface area (Å²) in [5.41, 5.74) is 7.17. The summed E-state index contributed by atoms with van der Waals surface area (Å²) >= 11 is 1.47. The average molecular weight is 290 g/mol. The Kier molecular flexibility index (Phi) is 3.06. The molecular formula is C13H14N4O2S. The molecule has 0 aromatic carbocycles. The van der Waals surface area contributed by atoms with Crippen molar-refractivity contribution in [3.63, 3.8) is 0 Å². The fourth-order valence-electron chi connectivity index (χ4n) is 2.33. The van der Waals surface area contributed by atoms with E-state index in [2.05, 4.69) is 4.98 Å². The molecule has 0 unspecified atom stereocenters. The number of fused-ring (bicyclic) bond motifs is 1. The number of amides is 2. The second kappa shape index (κ2) is 4.75. The maximum absolute atomic E-state index is 12.3. The maximum Gasteiger partial charge on any atom is 0.273 e. The van der Waals surface area contributed by atoms with Crippen LogP contribution in [0.15, 0.2) is 17.6 Å². The highest BCUT2D eigenvalue weighted by Crippen LogP contribution is 2.19. The van der Waals surface area contributed by atoms with Crippen LogP contribution in [0.5, 0.6) is 0 Å². The van der Waals surface area contributed by atoms with E-state index in [1.54, 1.807) is 22.5 Å². The minimum Gasteiger partial charge on any atom is -0.366 e. The molecular weight excluding hydrogens is 276 g/mol. The van der Waals surface area contributed by atoms with E-state index >= 15 is 0 Å². The number of aryl methyl sites for hydroxylation is 1. The Morgan fingerprint density at radius 3 is 2.85 bits per heavy atom. The van der Waals surface area contributed by atoms with Crippen LogP contribution in [-0.4, -0.2) is 32.8 Å². The molecule has 0 saturated carbocycles. The van der Waals surface area contributed by atoms with E-state index in [0.717, 1.165) is 10.7 Å². The lowest BCUT2D eigenvalue weighted by molar-refractivity contribution is 0.0705. The van der Waals surface area contributed by atoms with Gasteiger partial charge in [-0.25, -0.2) is 4.98 Å². The summed E-state index contributed by atoms with van der Waals surface area (Å²) in [5.74, 6) is -0.512. The van der Waals surface area contributed by atoms with Gasteiger partial charge in [-0.15, -0.1) is 11.3 Å². The molecule has 1 aliphatic heterocycles. The number of primary amides is 1. The van der Waals surface area contributed by atoms with Gasteiger partial charge in [0.15, 0.2) is 0 Å². The Morgan fingerprint density at radius 1 is 1.40 bits per heavy atom. The van der Waals surface area contributed by atoms with Gasteiger partial charge in [-0.3, -0.25) is 9.59 Å². The first kappa shape index (κ1) is 12.9. The smallest absolute Gasteiger partial charge is 0.273 e. The van der Waals surface area contributed by atoms with Crippen molar-refractivity contribution in [2.45, 2.75) is 20.0 Å². The SMILES string of the molecule is Cc1nc(C(=O)N2CCn3cc(C(N)=O)cc3C2)cs1. The standard InChI is InChI=1S/C13H14N4O2S/c1-8-15-11(7-20-8)13(19)17-3-2-16-5-9(12(14)18)4-10(16)6-17/h4-5,7H,2-3,6H2,1H3,(H2,14,18). The summed E-state index contributed by atoms with van der Waals surface area (Å²) in [6.45, 7) is 3.62. The predicted octanol–water partition coefficient (Wildman–Crippen LogP) is 1.01. The number of hydrogen-bond acceptors (Lipinski definition) is 4. The van der Waals surface area contributed by atoms with Crippen molar-refractivity contribution in [1.29, 1.82) is 0 Å². The zero-order chi connectivity index (χ0) is 14.3. The van der Waals surface area contributed by atoms with Crippen LogP contribution in [0.2, 0.25) is 0 Å². The maximum atomic E-state index is 12.3. The first-order valence-electron chi connectivity index (χ1n) is 6.25. The van der Waals surface area contributed by atoms with Crippen LogP contribution in [0.4, 0.5) is 0 Å². The van der Waals surface area contributed by atoms with Gasteiger partial charge in [0.1, 0.15) is 5.69 Å². The molecule has 3 heterocycles. The second-order valence-electron chi connectivity index (χ2n) is 4.76. The van der Waals surface area contributed by atoms with Crippen molar-refractivity contribution in [3.05, 3.63) is 39.6 Å². The molecule has 3 rings (SSSR count). The number of aromatic nitrogens is 2. The Labute approximate surface area is 119 Å². The summed E-state index contributed by atoms with van der Waals surface area (Å²) in [4.78, 5) is 29.5. The van der Waals surface area contributed by atoms with Crippen molar-refractivity contribution in [1.82, 2.24) is 14.5 Å². The van der Waals surface area contributed by atoms with Gasteiger partial charge >= 0.3 is 0 Å². The van der Waals surface area contributed by atoms with Gasteiger partial charge in [0.2, 0.25) is 5.91 Å². The molecule has 0 fully saturated rings. The molecule has 104 valence electrons. The third-order valence-electron chi connectivity index (χ3n) is 3.36. The van der Waals surface area contributed by atoms with Crippen LogP contribution < -0.4 is 5.73 Å². The topological polar surface area (TPSA) is 81.2 Å². The molecule has 0 aliphatic carbocycles. The van der Waals surface area contributed by atoms with Crippen molar-refractivity contribution < 1.29 is 9.59 Å². The van der Waals surface area contributed by atoms with E-state index in [0.29, 0.717) is 30.9 Å². The number of nitrogens with zero attached hydrogens (tertiary/aromatic N) is 3. The number of carbonyl (C=O) groups is 2. The zero-order valence-corrected chi connectivity index (χ0v) is 11.8. The van der Waals surface area contributed by atoms with Gasteiger partial charge in [0.25, 0.3) is 5.91 Å². The van der Waals surface area contributed by atoms with Crippen LogP contribution in [0.25, 0.3) is 0 Å². The molecule has 2 amide bonds. The lowest BCUT2D eigenvalue weighted by atomic mass is 10.2. The van der Waals surface area contributed by atoms with E-state index in [4.69, 9.17) is 5.73 Å². The van der Waals surface area contributed by atoms with Crippen LogP contribution in [0.1, 0.15) is 31.5 Å². The van der Waals surface area contributed by atoms with Crippen LogP contribution in [-0.2, 0) is 13.1 Å². The fraction of sp³-hybridized carbons (Fsp3) is 0.308. The quantitative estimate of drug-likeness (QED) is 0.896. The fourth-order valence-corrected chi connectivity index (χ4v) is 2.92. The average Bonchev–Trinajstić information content (AvgIpc) is 3.02. The number of nitrogens with two attached hydrogens (primary N) is 1. The first-order chi connectivity index (χ1) is 9.54. The Balaban J connectivity index is 1.81. The molecule has 0 saturated heterocycles. The molecule has 1 aliphatic rings. The molecule has 2 N–H and O–H groups in total. The molecule has 2 aromatic heterocycles. The van der Waals surface area contributed by atoms with Gasteiger partial charge < -0.3 is 15.2 Å². The summed E-state index contributed by atoms with van der Waals surface area (Å²) in [7, 11) is 0. The van der Waals surface area contributed by atoms with Gasteiger partial charge in [0, 0.05) is 30.4 Å². The molecule has 7 heteroatoms. The third-order valence-corrected chi connectivity index (χ3v) is 4.13. The third kappa shape index (κ3) is 2.20. The largest absolute Gasteiger partial charge is 0.366 e. The van der Waals surface area contributed by atoms with E-state index in [-0.39, 0.29) is 5.91 Å². The van der Waals surface area contributed by atoms with Crippen LogP contribution >= 0.6 is 11.3 Å². The molecule has 2 aromatic rings. The summed E-state index contributed by atoms with van der Waals surface area (Å²) in [6.07, 6.45) is 1.74. The van der Waals surface area contributed by atoms with Crippen LogP contribution in [0.3, 0.4) is 0 Å². The summed E-state index contributed by atoms with van der Waals surface area (Å²) < 4.78 is 1.97. The molecule has 20 heavy (non-hydrogen) atoms. The minimum absolute atomic E-state index is 0.0672. The summed E-state index contributed by atoms with van der Waals surface area (Å²) in [5, 5.41) is 2.66. The highest BCUT2D eigenvalue weighted by molar-refractivity contribution is 7.09. The zero-order valence-electron chi connectivity index (χ0n) is 11.0. The Hall–Kier alpha value is -2.15. The van der Waals surface area contributed by atoms with Gasteiger partial charge in [-0.2, -0.15) is 0 Å². The number of rotatable bonds is 2. The van der Waals surface area contributed by atoms with Gasteiger partial charge in [-0.05, 0) is 13.0 Å². The molecule has 0 atom stereocenters. The van der Waals surface area contributed by atoms with Crippen molar-refractivity contribution in [3.8, 4) is 0 Å². The Bertz CT molecular complexity index is 688. The minimum atomic E-state index is -0.445. The van der Waals surface area contributed by atoms with Crippen molar-refractivity contribution >= 4 is 23.2 Å². The lowest BCUT2D eigenvalue weighted by Crippen LogP contribution is -2.38. The molecule has 6 nitrogen and oxygen atoms in total. The van der Waals surface area contributed by atoms with E-state index in [1.807, 2.05) is 11.5 Å². The number of carbonyl (C=O) groups excluding carboxylic acids is 2. The highest BCUT2D eigenvalue weighted by atomic mass is 32.1. The van der Waals surface area contributed by atoms with Gasteiger partial charge in [-0.1, -0.05) is 0 Å². The lowest BCUT2D eigenvalue weighted by Gasteiger charge is -2.28. The number of hydrogen-bond donors (Lipinski definition) is 1. The van der Waals surface area contributed by atoms with Gasteiger partial charge in [0.05, 0.1) is 17.1 Å². The van der Waals surface area contributed by atoms with E-state index in [1.165, 1.54) is 11.3 Å². The normalized spacial score (nSPS) is 14.2. The monoisotopic (exact) mass is 290 g/mol. The second-order valence-corrected chi connectivity index (χ2v) is 5.82. The summed E-state index contributed by atoms with van der Waals surface area (Å²) in [6, 6.07) is 1.74. The molecule has 0 bridgehead atoms. The van der Waals surface area contributed by atoms with E-state index in [9.17, 15) is 9.59 Å². The number of thiazole rings is 1. The highest BCUT2D eigenvalue weighted by Gasteiger charge is 2.24. The van der Waals surface area contributed by atoms with Crippen LogP contribution in [0, 0.1) is 6.92 Å². The predicted molar refractivity (Wildman–Crippen MR) is 74.5 cm³/mol. The van der Waals surface area contributed by atoms with E-state index < -0.39 is 5.91 Å². The van der Waals surface area contributed by atoms with Crippen molar-refractivity contribution in [2.24, 2.45) is 5.73 Å². The first-order valence-corrected chi connectivity index (χ1v) is 7.13. The molecule has 0 spiro atoms. The van der Waals surface area contributed by atoms with Crippen molar-refractivity contribution in [2.75, 3.05) is 6.54 Å². The Morgan fingerprint density at radius 2 is 2.20 bits per heavy atom.